The van der Waals surface area contributed by atoms with Crippen LogP contribution in [-0.4, -0.2) is 28.9 Å². The first-order chi connectivity index (χ1) is 22.7. The van der Waals surface area contributed by atoms with Crippen molar-refractivity contribution in [3.05, 3.63) is 137 Å². The first-order valence-corrected chi connectivity index (χ1v) is 17.4. The zero-order valence-electron chi connectivity index (χ0n) is 26.9. The molecule has 0 bridgehead atoms. The van der Waals surface area contributed by atoms with E-state index in [2.05, 4.69) is 29.2 Å². The third-order valence-corrected chi connectivity index (χ3v) is 9.79. The van der Waals surface area contributed by atoms with Gasteiger partial charge in [-0.2, -0.15) is 0 Å². The number of benzene rings is 4. The predicted molar refractivity (Wildman–Crippen MR) is 188 cm³/mol. The zero-order chi connectivity index (χ0) is 33.0. The summed E-state index contributed by atoms with van der Waals surface area (Å²) in [5.74, 6) is 0.446. The van der Waals surface area contributed by atoms with Crippen LogP contribution in [-0.2, 0) is 34.2 Å². The second-order valence-corrected chi connectivity index (χ2v) is 13.5. The molecule has 0 aliphatic carbocycles. The molecule has 0 radical (unpaired) electrons. The third-order valence-electron chi connectivity index (χ3n) is 8.36. The molecule has 4 aromatic carbocycles. The number of carbonyl (C=O) groups excluding carboxylic acids is 1. The van der Waals surface area contributed by atoms with Crippen LogP contribution in [0.15, 0.2) is 114 Å². The summed E-state index contributed by atoms with van der Waals surface area (Å²) in [6.45, 7) is 6.73. The molecule has 6 rings (SSSR count). The van der Waals surface area contributed by atoms with Gasteiger partial charge in [-0.3, -0.25) is 4.79 Å². The van der Waals surface area contributed by atoms with E-state index in [1.807, 2.05) is 97.9 Å². The summed E-state index contributed by atoms with van der Waals surface area (Å²) in [5, 5.41) is 0. The van der Waals surface area contributed by atoms with E-state index < -0.39 is 15.9 Å². The number of aryl methyl sites for hydroxylation is 4. The van der Waals surface area contributed by atoms with Gasteiger partial charge in [-0.05, 0) is 78.3 Å². The Kier molecular flexibility index (Phi) is 9.31. The van der Waals surface area contributed by atoms with Crippen LogP contribution >= 0.6 is 0 Å². The number of amides is 1. The van der Waals surface area contributed by atoms with E-state index in [4.69, 9.17) is 9.97 Å². The van der Waals surface area contributed by atoms with Gasteiger partial charge in [-0.25, -0.2) is 23.1 Å². The number of imidazole rings is 1. The number of hydrogen-bond acceptors (Lipinski definition) is 5. The van der Waals surface area contributed by atoms with E-state index in [1.54, 1.807) is 12.1 Å². The second-order valence-electron chi connectivity index (χ2n) is 11.9. The molecule has 47 heavy (non-hydrogen) atoms. The molecule has 0 aliphatic rings. The average molecular weight is 643 g/mol. The highest BCUT2D eigenvalue weighted by atomic mass is 32.2. The Hall–Kier alpha value is -5.08. The predicted octanol–water partition coefficient (Wildman–Crippen LogP) is 7.82. The summed E-state index contributed by atoms with van der Waals surface area (Å²) in [4.78, 5) is 22.6. The smallest absolute Gasteiger partial charge is 0.264 e. The highest BCUT2D eigenvalue weighted by Crippen LogP contribution is 2.33. The molecular weight excluding hydrogens is 605 g/mol. The molecule has 8 heteroatoms. The molecule has 7 nitrogen and oxygen atoms in total. The van der Waals surface area contributed by atoms with Crippen LogP contribution in [0.25, 0.3) is 33.4 Å². The van der Waals surface area contributed by atoms with Gasteiger partial charge in [0.1, 0.15) is 11.3 Å². The molecule has 0 spiro atoms. The number of aromatic nitrogens is 3. The molecule has 0 unspecified atom stereocenters. The SMILES string of the molecule is CCc1nc2c(C)cc(C)nc2n1Cc1ccc(-c2cc(-c3ccccc3)ccc2S(=O)(=O)NC(=O)CCCc2ccccc2)cc1. The lowest BCUT2D eigenvalue weighted by Crippen LogP contribution is -2.30. The monoisotopic (exact) mass is 642 g/mol. The van der Waals surface area contributed by atoms with E-state index in [9.17, 15) is 13.2 Å². The quantitative estimate of drug-likeness (QED) is 0.156. The minimum Gasteiger partial charge on any atom is -0.308 e. The molecule has 0 fully saturated rings. The lowest BCUT2D eigenvalue weighted by molar-refractivity contribution is -0.119. The van der Waals surface area contributed by atoms with Crippen LogP contribution in [0.2, 0.25) is 0 Å². The van der Waals surface area contributed by atoms with Gasteiger partial charge in [0.2, 0.25) is 5.91 Å². The normalized spacial score (nSPS) is 11.6. The van der Waals surface area contributed by atoms with Crippen LogP contribution in [0, 0.1) is 13.8 Å². The van der Waals surface area contributed by atoms with Gasteiger partial charge < -0.3 is 4.57 Å². The Balaban J connectivity index is 1.30. The Morgan fingerprint density at radius 2 is 1.45 bits per heavy atom. The van der Waals surface area contributed by atoms with Crippen molar-refractivity contribution in [2.24, 2.45) is 0 Å². The average Bonchev–Trinajstić information content (AvgIpc) is 3.42. The molecule has 6 aromatic rings. The molecule has 238 valence electrons. The number of rotatable bonds is 11. The van der Waals surface area contributed by atoms with Crippen LogP contribution in [0.5, 0.6) is 0 Å². The number of carbonyl (C=O) groups is 1. The minimum atomic E-state index is -4.15. The summed E-state index contributed by atoms with van der Waals surface area (Å²) in [6, 6.07) is 34.9. The van der Waals surface area contributed by atoms with E-state index in [0.717, 1.165) is 62.5 Å². The molecule has 0 saturated heterocycles. The molecular formula is C39H38N4O3S. The lowest BCUT2D eigenvalue weighted by Gasteiger charge is -2.15. The number of nitrogens with one attached hydrogen (secondary N) is 1. The maximum Gasteiger partial charge on any atom is 0.264 e. The van der Waals surface area contributed by atoms with Gasteiger partial charge in [0.25, 0.3) is 10.0 Å². The van der Waals surface area contributed by atoms with E-state index >= 15 is 0 Å². The summed E-state index contributed by atoms with van der Waals surface area (Å²) < 4.78 is 31.9. The van der Waals surface area contributed by atoms with Crippen molar-refractivity contribution in [1.29, 1.82) is 0 Å². The Morgan fingerprint density at radius 1 is 0.766 bits per heavy atom. The van der Waals surface area contributed by atoms with Gasteiger partial charge in [-0.1, -0.05) is 97.9 Å². The fraction of sp³-hybridized carbons (Fsp3) is 0.205. The van der Waals surface area contributed by atoms with Crippen molar-refractivity contribution in [3.8, 4) is 22.3 Å². The topological polar surface area (TPSA) is 93.9 Å². The van der Waals surface area contributed by atoms with Gasteiger partial charge in [0.15, 0.2) is 5.65 Å². The van der Waals surface area contributed by atoms with Gasteiger partial charge in [0.05, 0.1) is 11.4 Å². The van der Waals surface area contributed by atoms with Crippen LogP contribution in [0.4, 0.5) is 0 Å². The number of nitrogens with zero attached hydrogens (tertiary/aromatic N) is 3. The largest absolute Gasteiger partial charge is 0.308 e. The van der Waals surface area contributed by atoms with Gasteiger partial charge >= 0.3 is 0 Å². The van der Waals surface area contributed by atoms with Gasteiger partial charge in [-0.15, -0.1) is 0 Å². The molecule has 0 aliphatic heterocycles. The zero-order valence-corrected chi connectivity index (χ0v) is 27.7. The second kappa shape index (κ2) is 13.7. The minimum absolute atomic E-state index is 0.0605. The number of pyridine rings is 1. The van der Waals surface area contributed by atoms with E-state index in [1.165, 1.54) is 0 Å². The van der Waals surface area contributed by atoms with Gasteiger partial charge in [0, 0.05) is 24.1 Å². The van der Waals surface area contributed by atoms with Crippen LogP contribution < -0.4 is 4.72 Å². The maximum atomic E-state index is 13.7. The van der Waals surface area contributed by atoms with E-state index in [0.29, 0.717) is 24.9 Å². The highest BCUT2D eigenvalue weighted by molar-refractivity contribution is 7.90. The molecule has 1 N–H and O–H groups in total. The Bertz CT molecular complexity index is 2140. The van der Waals surface area contributed by atoms with Crippen molar-refractivity contribution in [2.45, 2.75) is 57.9 Å². The van der Waals surface area contributed by atoms with Crippen LogP contribution in [0.3, 0.4) is 0 Å². The highest BCUT2D eigenvalue weighted by Gasteiger charge is 2.23. The van der Waals surface area contributed by atoms with Crippen molar-refractivity contribution >= 4 is 27.1 Å². The maximum absolute atomic E-state index is 13.7. The molecule has 0 saturated carbocycles. The Morgan fingerprint density at radius 3 is 2.15 bits per heavy atom. The first-order valence-electron chi connectivity index (χ1n) is 15.9. The number of sulfonamides is 1. The van der Waals surface area contributed by atoms with Crippen molar-refractivity contribution < 1.29 is 13.2 Å². The first kappa shape index (κ1) is 31.9. The summed E-state index contributed by atoms with van der Waals surface area (Å²) in [6.07, 6.45) is 2.13. The molecule has 2 heterocycles. The fourth-order valence-electron chi connectivity index (χ4n) is 6.01. The molecule has 1 amide bonds. The molecule has 0 atom stereocenters. The summed E-state index contributed by atoms with van der Waals surface area (Å²) >= 11 is 0. The number of hydrogen-bond donors (Lipinski definition) is 1. The summed E-state index contributed by atoms with van der Waals surface area (Å²) in [7, 11) is -4.15. The van der Waals surface area contributed by atoms with Crippen molar-refractivity contribution in [2.75, 3.05) is 0 Å². The molecule has 2 aromatic heterocycles. The fourth-order valence-corrected chi connectivity index (χ4v) is 7.24. The van der Waals surface area contributed by atoms with Crippen molar-refractivity contribution in [3.63, 3.8) is 0 Å². The Labute approximate surface area is 276 Å². The lowest BCUT2D eigenvalue weighted by atomic mass is 9.98. The standard InChI is InChI=1S/C39H38N4O3S/c1-4-36-41-38-27(2)24-28(3)40-39(38)43(36)26-30-18-20-32(21-19-30)34-25-33(31-15-9-6-10-16-31)22-23-35(34)47(45,46)42-37(44)17-11-14-29-12-7-5-8-13-29/h5-10,12-13,15-16,18-25H,4,11,14,17,26H2,1-3H3,(H,42,44). The summed E-state index contributed by atoms with van der Waals surface area (Å²) in [5.41, 5.74) is 9.10. The number of fused-ring (bicyclic) bond motifs is 1. The van der Waals surface area contributed by atoms with Crippen LogP contribution in [0.1, 0.15) is 48.0 Å². The van der Waals surface area contributed by atoms with Crippen molar-refractivity contribution in [1.82, 2.24) is 19.3 Å². The third kappa shape index (κ3) is 7.18. The van der Waals surface area contributed by atoms with E-state index in [-0.39, 0.29) is 11.3 Å².